The molecule has 0 aliphatic carbocycles. The van der Waals surface area contributed by atoms with E-state index in [9.17, 15) is 22.8 Å². The number of rotatable bonds is 7. The van der Waals surface area contributed by atoms with Gasteiger partial charge in [-0.15, -0.1) is 0 Å². The second kappa shape index (κ2) is 10.4. The molecule has 1 saturated heterocycles. The van der Waals surface area contributed by atoms with Gasteiger partial charge in [-0.25, -0.2) is 0 Å². The predicted molar refractivity (Wildman–Crippen MR) is 112 cm³/mol. The van der Waals surface area contributed by atoms with Crippen LogP contribution >= 0.6 is 0 Å². The fraction of sp³-hybridized carbons (Fsp3) is 0.391. The topological polar surface area (TPSA) is 67.9 Å². The molecule has 2 amide bonds. The Morgan fingerprint density at radius 2 is 1.59 bits per heavy atom. The highest BCUT2D eigenvalue weighted by Gasteiger charge is 2.35. The Morgan fingerprint density at radius 1 is 1.00 bits per heavy atom. The number of halogens is 3. The SMILES string of the molecule is CCOc1ccc(OCC(=O)N2CCC(NC(=O)c3ccccc3C(F)(F)F)CC2)cc1. The van der Waals surface area contributed by atoms with E-state index in [0.29, 0.717) is 44.0 Å². The zero-order valence-electron chi connectivity index (χ0n) is 17.7. The molecule has 1 aliphatic rings. The first-order valence-electron chi connectivity index (χ1n) is 10.4. The van der Waals surface area contributed by atoms with Crippen molar-refractivity contribution in [2.24, 2.45) is 0 Å². The summed E-state index contributed by atoms with van der Waals surface area (Å²) in [7, 11) is 0. The average Bonchev–Trinajstić information content (AvgIpc) is 2.78. The molecule has 0 bridgehead atoms. The lowest BCUT2D eigenvalue weighted by Crippen LogP contribution is -2.47. The summed E-state index contributed by atoms with van der Waals surface area (Å²) < 4.78 is 50.3. The van der Waals surface area contributed by atoms with Crippen LogP contribution in [0, 0.1) is 0 Å². The third kappa shape index (κ3) is 6.15. The van der Waals surface area contributed by atoms with Gasteiger partial charge in [0.05, 0.1) is 17.7 Å². The quantitative estimate of drug-likeness (QED) is 0.695. The minimum absolute atomic E-state index is 0.121. The van der Waals surface area contributed by atoms with Crippen molar-refractivity contribution in [1.82, 2.24) is 10.2 Å². The van der Waals surface area contributed by atoms with Crippen molar-refractivity contribution in [1.29, 1.82) is 0 Å². The zero-order chi connectivity index (χ0) is 23.1. The van der Waals surface area contributed by atoms with Crippen molar-refractivity contribution in [3.63, 3.8) is 0 Å². The summed E-state index contributed by atoms with van der Waals surface area (Å²) in [4.78, 5) is 26.4. The number of hydrogen-bond donors (Lipinski definition) is 1. The molecule has 6 nitrogen and oxygen atoms in total. The van der Waals surface area contributed by atoms with E-state index in [1.54, 1.807) is 29.2 Å². The van der Waals surface area contributed by atoms with Gasteiger partial charge in [0.1, 0.15) is 11.5 Å². The molecule has 0 radical (unpaired) electrons. The van der Waals surface area contributed by atoms with Crippen LogP contribution in [-0.2, 0) is 11.0 Å². The van der Waals surface area contributed by atoms with Crippen LogP contribution in [0.5, 0.6) is 11.5 Å². The minimum atomic E-state index is -4.60. The number of alkyl halides is 3. The van der Waals surface area contributed by atoms with Gasteiger partial charge in [-0.2, -0.15) is 13.2 Å². The number of amides is 2. The molecule has 0 spiro atoms. The lowest BCUT2D eigenvalue weighted by atomic mass is 10.0. The van der Waals surface area contributed by atoms with Gasteiger partial charge in [0.25, 0.3) is 11.8 Å². The molecule has 1 fully saturated rings. The molecule has 0 saturated carbocycles. The number of ether oxygens (including phenoxy) is 2. The van der Waals surface area contributed by atoms with Gasteiger partial charge in [0.15, 0.2) is 6.61 Å². The summed E-state index contributed by atoms with van der Waals surface area (Å²) in [6.07, 6.45) is -3.70. The normalized spacial score (nSPS) is 14.7. The average molecular weight is 450 g/mol. The van der Waals surface area contributed by atoms with Crippen LogP contribution in [0.4, 0.5) is 13.2 Å². The fourth-order valence-electron chi connectivity index (χ4n) is 3.50. The third-order valence-corrected chi connectivity index (χ3v) is 5.16. The standard InChI is InChI=1S/C23H25F3N2O4/c1-2-31-17-7-9-18(10-8-17)32-15-21(29)28-13-11-16(12-14-28)27-22(30)19-5-3-4-6-20(19)23(24,25)26/h3-10,16H,2,11-15H2,1H3,(H,27,30). The predicted octanol–water partition coefficient (Wildman–Crippen LogP) is 3.90. The summed E-state index contributed by atoms with van der Waals surface area (Å²) in [6.45, 7) is 3.10. The van der Waals surface area contributed by atoms with Crippen molar-refractivity contribution in [3.8, 4) is 11.5 Å². The van der Waals surface area contributed by atoms with Crippen molar-refractivity contribution in [2.75, 3.05) is 26.3 Å². The number of nitrogens with zero attached hydrogens (tertiary/aromatic N) is 1. The molecule has 1 N–H and O–H groups in total. The summed E-state index contributed by atoms with van der Waals surface area (Å²) in [5.74, 6) is 0.313. The molecule has 0 atom stereocenters. The van der Waals surface area contributed by atoms with E-state index in [2.05, 4.69) is 5.32 Å². The van der Waals surface area contributed by atoms with E-state index in [1.165, 1.54) is 12.1 Å². The Labute approximate surface area is 184 Å². The molecule has 0 unspecified atom stereocenters. The molecule has 3 rings (SSSR count). The van der Waals surface area contributed by atoms with Crippen molar-refractivity contribution in [2.45, 2.75) is 32.0 Å². The first kappa shape index (κ1) is 23.4. The summed E-state index contributed by atoms with van der Waals surface area (Å²) >= 11 is 0. The number of hydrogen-bond acceptors (Lipinski definition) is 4. The molecule has 2 aromatic rings. The van der Waals surface area contributed by atoms with E-state index < -0.39 is 23.2 Å². The van der Waals surface area contributed by atoms with Crippen LogP contribution in [0.3, 0.4) is 0 Å². The van der Waals surface area contributed by atoms with Gasteiger partial charge >= 0.3 is 6.18 Å². The Bertz CT molecular complexity index is 924. The minimum Gasteiger partial charge on any atom is -0.494 e. The molecular formula is C23H25F3N2O4. The fourth-order valence-corrected chi connectivity index (χ4v) is 3.50. The number of piperidine rings is 1. The third-order valence-electron chi connectivity index (χ3n) is 5.16. The smallest absolute Gasteiger partial charge is 0.417 e. The van der Waals surface area contributed by atoms with Crippen LogP contribution in [-0.4, -0.2) is 49.1 Å². The van der Waals surface area contributed by atoms with E-state index >= 15 is 0 Å². The summed E-state index contributed by atoms with van der Waals surface area (Å²) in [5, 5.41) is 2.66. The maximum absolute atomic E-state index is 13.1. The second-order valence-electron chi connectivity index (χ2n) is 7.36. The van der Waals surface area contributed by atoms with Gasteiger partial charge in [-0.1, -0.05) is 12.1 Å². The molecule has 0 aromatic heterocycles. The van der Waals surface area contributed by atoms with Gasteiger partial charge in [-0.05, 0) is 56.2 Å². The molecule has 2 aromatic carbocycles. The maximum Gasteiger partial charge on any atom is 0.417 e. The molecular weight excluding hydrogens is 425 g/mol. The molecule has 1 heterocycles. The first-order valence-corrected chi connectivity index (χ1v) is 10.4. The van der Waals surface area contributed by atoms with Crippen molar-refractivity contribution in [3.05, 3.63) is 59.7 Å². The second-order valence-corrected chi connectivity index (χ2v) is 7.36. The Hall–Kier alpha value is -3.23. The molecule has 1 aliphatic heterocycles. The van der Waals surface area contributed by atoms with Crippen LogP contribution < -0.4 is 14.8 Å². The Morgan fingerprint density at radius 3 is 2.19 bits per heavy atom. The van der Waals surface area contributed by atoms with E-state index in [1.807, 2.05) is 6.92 Å². The largest absolute Gasteiger partial charge is 0.494 e. The maximum atomic E-state index is 13.1. The van der Waals surface area contributed by atoms with E-state index in [4.69, 9.17) is 9.47 Å². The van der Waals surface area contributed by atoms with Crippen LogP contribution in [0.15, 0.2) is 48.5 Å². The number of likely N-dealkylation sites (tertiary alicyclic amines) is 1. The highest BCUT2D eigenvalue weighted by Crippen LogP contribution is 2.32. The summed E-state index contributed by atoms with van der Waals surface area (Å²) in [6, 6.07) is 11.4. The molecule has 32 heavy (non-hydrogen) atoms. The number of carbonyl (C=O) groups is 2. The van der Waals surface area contributed by atoms with Gasteiger partial charge in [0, 0.05) is 19.1 Å². The van der Waals surface area contributed by atoms with E-state index in [-0.39, 0.29) is 18.6 Å². The van der Waals surface area contributed by atoms with Crippen LogP contribution in [0.25, 0.3) is 0 Å². The van der Waals surface area contributed by atoms with Crippen molar-refractivity contribution < 1.29 is 32.2 Å². The molecule has 172 valence electrons. The first-order chi connectivity index (χ1) is 15.3. The van der Waals surface area contributed by atoms with E-state index in [0.717, 1.165) is 12.1 Å². The molecule has 9 heteroatoms. The highest BCUT2D eigenvalue weighted by atomic mass is 19.4. The zero-order valence-corrected chi connectivity index (χ0v) is 17.7. The van der Waals surface area contributed by atoms with Gasteiger partial charge < -0.3 is 19.7 Å². The monoisotopic (exact) mass is 450 g/mol. The number of nitrogens with one attached hydrogen (secondary N) is 1. The van der Waals surface area contributed by atoms with Gasteiger partial charge in [-0.3, -0.25) is 9.59 Å². The highest BCUT2D eigenvalue weighted by molar-refractivity contribution is 5.96. The number of benzene rings is 2. The lowest BCUT2D eigenvalue weighted by Gasteiger charge is -2.32. The summed E-state index contributed by atoms with van der Waals surface area (Å²) in [5.41, 5.74) is -1.36. The number of carbonyl (C=O) groups excluding carboxylic acids is 2. The van der Waals surface area contributed by atoms with Crippen LogP contribution in [0.1, 0.15) is 35.7 Å². The Balaban J connectivity index is 1.47. The van der Waals surface area contributed by atoms with Crippen molar-refractivity contribution >= 4 is 11.8 Å². The van der Waals surface area contributed by atoms with Crippen LogP contribution in [0.2, 0.25) is 0 Å². The van der Waals surface area contributed by atoms with Gasteiger partial charge in [0.2, 0.25) is 0 Å². The lowest BCUT2D eigenvalue weighted by molar-refractivity contribution is -0.138. The Kier molecular flexibility index (Phi) is 7.61.